The fraction of sp³-hybridized carbons (Fsp3) is 0.333. The van der Waals surface area contributed by atoms with Gasteiger partial charge in [-0.25, -0.2) is 0 Å². The Morgan fingerprint density at radius 1 is 1.12 bits per heavy atom. The standard InChI is InChI=1S/C12H12N2O2/c1-2-16-12-8-6-13-4-7-5-14-9(11(7)8)3-10(12)15-1/h3,5,13-14H,1-2,4,6H2. The summed E-state index contributed by atoms with van der Waals surface area (Å²) in [5.74, 6) is 1.79. The lowest BCUT2D eigenvalue weighted by Gasteiger charge is -2.24. The van der Waals surface area contributed by atoms with Gasteiger partial charge in [-0.2, -0.15) is 0 Å². The van der Waals surface area contributed by atoms with Crippen molar-refractivity contribution >= 4 is 10.9 Å². The average molecular weight is 216 g/mol. The number of aromatic nitrogens is 1. The molecule has 0 aliphatic carbocycles. The molecule has 3 heterocycles. The molecule has 0 bridgehead atoms. The van der Waals surface area contributed by atoms with Crippen LogP contribution in [0.2, 0.25) is 0 Å². The molecule has 2 aromatic rings. The third kappa shape index (κ3) is 0.971. The van der Waals surface area contributed by atoms with Crippen LogP contribution in [0, 0.1) is 0 Å². The second kappa shape index (κ2) is 2.92. The van der Waals surface area contributed by atoms with Crippen LogP contribution in [0.25, 0.3) is 10.9 Å². The lowest BCUT2D eigenvalue weighted by molar-refractivity contribution is 0.170. The van der Waals surface area contributed by atoms with E-state index in [1.165, 1.54) is 16.5 Å². The number of aromatic amines is 1. The Bertz CT molecular complexity index is 574. The zero-order valence-corrected chi connectivity index (χ0v) is 8.80. The Labute approximate surface area is 92.5 Å². The first-order chi connectivity index (χ1) is 7.93. The predicted molar refractivity (Wildman–Crippen MR) is 59.8 cm³/mol. The van der Waals surface area contributed by atoms with Crippen LogP contribution in [0.1, 0.15) is 11.1 Å². The quantitative estimate of drug-likeness (QED) is 0.702. The second-order valence-electron chi connectivity index (χ2n) is 4.22. The molecule has 0 fully saturated rings. The topological polar surface area (TPSA) is 46.3 Å². The third-order valence-corrected chi connectivity index (χ3v) is 3.27. The Morgan fingerprint density at radius 2 is 2.06 bits per heavy atom. The summed E-state index contributed by atoms with van der Waals surface area (Å²) >= 11 is 0. The van der Waals surface area contributed by atoms with Crippen LogP contribution in [0.5, 0.6) is 11.5 Å². The highest BCUT2D eigenvalue weighted by molar-refractivity contribution is 5.91. The highest BCUT2D eigenvalue weighted by Crippen LogP contribution is 2.41. The van der Waals surface area contributed by atoms with E-state index in [-0.39, 0.29) is 0 Å². The van der Waals surface area contributed by atoms with Crippen LogP contribution in [0.3, 0.4) is 0 Å². The number of hydrogen-bond acceptors (Lipinski definition) is 3. The summed E-state index contributed by atoms with van der Waals surface area (Å²) in [6.07, 6.45) is 2.06. The van der Waals surface area contributed by atoms with Crippen LogP contribution < -0.4 is 14.8 Å². The van der Waals surface area contributed by atoms with Gasteiger partial charge in [-0.05, 0) is 5.56 Å². The van der Waals surface area contributed by atoms with Gasteiger partial charge in [0.1, 0.15) is 13.2 Å². The highest BCUT2D eigenvalue weighted by Gasteiger charge is 2.23. The largest absolute Gasteiger partial charge is 0.486 e. The van der Waals surface area contributed by atoms with E-state index in [9.17, 15) is 0 Å². The van der Waals surface area contributed by atoms with Crippen LogP contribution >= 0.6 is 0 Å². The van der Waals surface area contributed by atoms with Crippen molar-refractivity contribution in [2.45, 2.75) is 13.1 Å². The highest BCUT2D eigenvalue weighted by atomic mass is 16.6. The number of ether oxygens (including phenoxy) is 2. The third-order valence-electron chi connectivity index (χ3n) is 3.27. The molecule has 2 N–H and O–H groups in total. The van der Waals surface area contributed by atoms with E-state index >= 15 is 0 Å². The Kier molecular flexibility index (Phi) is 1.54. The first kappa shape index (κ1) is 8.47. The number of fused-ring (bicyclic) bond motifs is 2. The van der Waals surface area contributed by atoms with E-state index in [2.05, 4.69) is 16.5 Å². The Balaban J connectivity index is 2.11. The minimum atomic E-state index is 0.638. The molecule has 2 aliphatic rings. The predicted octanol–water partition coefficient (Wildman–Crippen LogP) is 1.54. The van der Waals surface area contributed by atoms with Gasteiger partial charge in [0.15, 0.2) is 11.5 Å². The van der Waals surface area contributed by atoms with E-state index in [0.717, 1.165) is 30.1 Å². The molecule has 4 nitrogen and oxygen atoms in total. The molecule has 82 valence electrons. The van der Waals surface area contributed by atoms with Crippen molar-refractivity contribution in [2.75, 3.05) is 13.2 Å². The van der Waals surface area contributed by atoms with Crippen molar-refractivity contribution in [2.24, 2.45) is 0 Å². The molecule has 0 saturated carbocycles. The molecule has 2 aliphatic heterocycles. The Hall–Kier alpha value is -1.68. The van der Waals surface area contributed by atoms with Crippen LogP contribution in [0.15, 0.2) is 12.3 Å². The van der Waals surface area contributed by atoms with Crippen molar-refractivity contribution < 1.29 is 9.47 Å². The summed E-state index contributed by atoms with van der Waals surface area (Å²) in [4.78, 5) is 3.29. The lowest BCUT2D eigenvalue weighted by atomic mass is 10.0. The minimum absolute atomic E-state index is 0.638. The molecular formula is C12H12N2O2. The van der Waals surface area contributed by atoms with Gasteiger partial charge in [0.2, 0.25) is 0 Å². The number of benzene rings is 1. The van der Waals surface area contributed by atoms with E-state index in [0.29, 0.717) is 13.2 Å². The maximum Gasteiger partial charge on any atom is 0.166 e. The minimum Gasteiger partial charge on any atom is -0.486 e. The molecule has 4 heteroatoms. The fourth-order valence-electron chi connectivity index (χ4n) is 2.60. The number of hydrogen-bond donors (Lipinski definition) is 2. The number of H-pyrrole nitrogens is 1. The van der Waals surface area contributed by atoms with Crippen molar-refractivity contribution in [1.82, 2.24) is 10.3 Å². The van der Waals surface area contributed by atoms with Crippen LogP contribution in [-0.2, 0) is 13.1 Å². The van der Waals surface area contributed by atoms with Gasteiger partial charge in [-0.3, -0.25) is 0 Å². The summed E-state index contributed by atoms with van der Waals surface area (Å²) in [6, 6.07) is 2.04. The molecule has 0 atom stereocenters. The van der Waals surface area contributed by atoms with E-state index in [1.54, 1.807) is 0 Å². The molecule has 0 unspecified atom stereocenters. The fourth-order valence-corrected chi connectivity index (χ4v) is 2.60. The van der Waals surface area contributed by atoms with E-state index in [1.807, 2.05) is 6.07 Å². The summed E-state index contributed by atoms with van der Waals surface area (Å²) in [5, 5.41) is 4.69. The van der Waals surface area contributed by atoms with Gasteiger partial charge in [0.25, 0.3) is 0 Å². The average Bonchev–Trinajstić information content (AvgIpc) is 2.75. The molecule has 1 aromatic carbocycles. The van der Waals surface area contributed by atoms with Crippen LogP contribution in [0.4, 0.5) is 0 Å². The molecular weight excluding hydrogens is 204 g/mol. The molecule has 1 aromatic heterocycles. The summed E-state index contributed by atoms with van der Waals surface area (Å²) in [6.45, 7) is 3.06. The van der Waals surface area contributed by atoms with Gasteiger partial charge in [0.05, 0.1) is 5.52 Å². The molecule has 16 heavy (non-hydrogen) atoms. The van der Waals surface area contributed by atoms with Gasteiger partial charge >= 0.3 is 0 Å². The first-order valence-electron chi connectivity index (χ1n) is 5.55. The van der Waals surface area contributed by atoms with Crippen molar-refractivity contribution in [1.29, 1.82) is 0 Å². The summed E-state index contributed by atoms with van der Waals surface area (Å²) in [5.41, 5.74) is 3.69. The normalized spacial score (nSPS) is 17.8. The summed E-state index contributed by atoms with van der Waals surface area (Å²) in [7, 11) is 0. The molecule has 4 rings (SSSR count). The van der Waals surface area contributed by atoms with Gasteiger partial charge < -0.3 is 19.8 Å². The summed E-state index contributed by atoms with van der Waals surface area (Å²) < 4.78 is 11.4. The van der Waals surface area contributed by atoms with E-state index in [4.69, 9.17) is 9.47 Å². The molecule has 0 saturated heterocycles. The molecule has 0 radical (unpaired) electrons. The second-order valence-corrected chi connectivity index (χ2v) is 4.22. The van der Waals surface area contributed by atoms with Gasteiger partial charge in [-0.15, -0.1) is 0 Å². The maximum absolute atomic E-state index is 5.73. The zero-order chi connectivity index (χ0) is 10.5. The van der Waals surface area contributed by atoms with Crippen molar-refractivity contribution in [3.05, 3.63) is 23.4 Å². The Morgan fingerprint density at radius 3 is 3.06 bits per heavy atom. The van der Waals surface area contributed by atoms with Crippen LogP contribution in [-0.4, -0.2) is 18.2 Å². The first-order valence-corrected chi connectivity index (χ1v) is 5.55. The lowest BCUT2D eigenvalue weighted by Crippen LogP contribution is -2.22. The molecule has 0 amide bonds. The monoisotopic (exact) mass is 216 g/mol. The molecule has 0 spiro atoms. The SMILES string of the molecule is c1[nH]c2cc3c(c4c2c1CNC4)OCCO3. The van der Waals surface area contributed by atoms with Gasteiger partial charge in [-0.1, -0.05) is 0 Å². The number of nitrogens with one attached hydrogen (secondary N) is 2. The van der Waals surface area contributed by atoms with Crippen molar-refractivity contribution in [3.8, 4) is 11.5 Å². The smallest absolute Gasteiger partial charge is 0.166 e. The zero-order valence-electron chi connectivity index (χ0n) is 8.80. The number of rotatable bonds is 0. The van der Waals surface area contributed by atoms with E-state index < -0.39 is 0 Å². The van der Waals surface area contributed by atoms with Gasteiger partial charge in [0, 0.05) is 36.3 Å². The maximum atomic E-state index is 5.73. The van der Waals surface area contributed by atoms with Crippen molar-refractivity contribution in [3.63, 3.8) is 0 Å².